The van der Waals surface area contributed by atoms with Crippen molar-refractivity contribution in [1.82, 2.24) is 4.31 Å². The largest absolute Gasteiger partial charge is 0.323 e. The van der Waals surface area contributed by atoms with Crippen LogP contribution in [0.5, 0.6) is 0 Å². The minimum Gasteiger partial charge on any atom is -0.308 e. The van der Waals surface area contributed by atoms with Gasteiger partial charge in [-0.1, -0.05) is 24.1 Å². The number of carbonyl (C=O) groups excluding carboxylic acids is 1. The van der Waals surface area contributed by atoms with Gasteiger partial charge in [-0.15, -0.1) is 0 Å². The first-order chi connectivity index (χ1) is 13.4. The lowest BCUT2D eigenvalue weighted by molar-refractivity contribution is 0.262. The predicted molar refractivity (Wildman–Crippen MR) is 108 cm³/mol. The number of hydrogen-bond acceptors (Lipinski definition) is 4. The summed E-state index contributed by atoms with van der Waals surface area (Å²) in [6, 6.07) is 12.0. The van der Waals surface area contributed by atoms with Crippen molar-refractivity contribution in [2.75, 3.05) is 23.7 Å². The third kappa shape index (κ3) is 4.62. The number of nitrogens with zero attached hydrogens (tertiary/aromatic N) is 2. The molecule has 7 nitrogen and oxygen atoms in total. The van der Waals surface area contributed by atoms with Crippen LogP contribution in [0.15, 0.2) is 47.4 Å². The monoisotopic (exact) mass is 418 g/mol. The number of halogens is 1. The predicted octanol–water partition coefficient (Wildman–Crippen LogP) is 4.03. The van der Waals surface area contributed by atoms with E-state index in [4.69, 9.17) is 16.9 Å². The third-order valence-electron chi connectivity index (χ3n) is 4.39. The number of amides is 2. The fourth-order valence-electron chi connectivity index (χ4n) is 2.99. The van der Waals surface area contributed by atoms with Crippen LogP contribution in [0.4, 0.5) is 16.2 Å². The van der Waals surface area contributed by atoms with Gasteiger partial charge in [-0.3, -0.25) is 0 Å². The Morgan fingerprint density at radius 1 is 1.07 bits per heavy atom. The topological polar surface area (TPSA) is 102 Å². The highest BCUT2D eigenvalue weighted by Gasteiger charge is 2.26. The van der Waals surface area contributed by atoms with E-state index in [0.29, 0.717) is 29.5 Å². The molecule has 2 aromatic carbocycles. The molecule has 0 atom stereocenters. The van der Waals surface area contributed by atoms with E-state index in [-0.39, 0.29) is 10.5 Å². The first kappa shape index (κ1) is 20.1. The molecule has 2 aromatic rings. The van der Waals surface area contributed by atoms with E-state index in [1.165, 1.54) is 28.6 Å². The summed E-state index contributed by atoms with van der Waals surface area (Å²) >= 11 is 5.85. The van der Waals surface area contributed by atoms with Gasteiger partial charge in [0.25, 0.3) is 0 Å². The summed E-state index contributed by atoms with van der Waals surface area (Å²) in [6.45, 7) is 1.02. The van der Waals surface area contributed by atoms with Gasteiger partial charge in [-0.2, -0.15) is 9.57 Å². The molecule has 1 aliphatic rings. The fraction of sp³-hybridized carbons (Fsp3) is 0.263. The molecule has 1 saturated heterocycles. The van der Waals surface area contributed by atoms with Gasteiger partial charge in [-0.25, -0.2) is 13.2 Å². The summed E-state index contributed by atoms with van der Waals surface area (Å²) in [5.74, 6) is 0. The standard InChI is InChI=1S/C19H19ClN4O3S/c20-15-7-8-18(14(11-15)13-21)23-19(25)22-16-5-4-6-17(12-16)28(26,27)24-9-2-1-3-10-24/h4-8,11-12H,1-3,9-10H2,(H2,22,23,25). The second kappa shape index (κ2) is 8.61. The minimum atomic E-state index is -3.59. The summed E-state index contributed by atoms with van der Waals surface area (Å²) in [4.78, 5) is 12.4. The number of sulfonamides is 1. The molecule has 0 unspecified atom stereocenters. The van der Waals surface area contributed by atoms with Crippen LogP contribution in [0.2, 0.25) is 5.02 Å². The molecule has 0 aromatic heterocycles. The van der Waals surface area contributed by atoms with E-state index in [9.17, 15) is 13.2 Å². The molecule has 3 rings (SSSR count). The van der Waals surface area contributed by atoms with Gasteiger partial charge in [0.1, 0.15) is 6.07 Å². The Kier molecular flexibility index (Phi) is 6.19. The minimum absolute atomic E-state index is 0.136. The van der Waals surface area contributed by atoms with E-state index in [2.05, 4.69) is 10.6 Å². The lowest BCUT2D eigenvalue weighted by Gasteiger charge is -2.26. The number of nitrogens with one attached hydrogen (secondary N) is 2. The van der Waals surface area contributed by atoms with Gasteiger partial charge in [-0.05, 0) is 49.2 Å². The van der Waals surface area contributed by atoms with E-state index >= 15 is 0 Å². The van der Waals surface area contributed by atoms with Crippen LogP contribution >= 0.6 is 11.6 Å². The normalized spacial score (nSPS) is 14.9. The van der Waals surface area contributed by atoms with Gasteiger partial charge in [0.2, 0.25) is 10.0 Å². The average Bonchev–Trinajstić information content (AvgIpc) is 2.70. The summed E-state index contributed by atoms with van der Waals surface area (Å²) in [7, 11) is -3.59. The zero-order valence-electron chi connectivity index (χ0n) is 15.0. The first-order valence-corrected chi connectivity index (χ1v) is 10.6. The highest BCUT2D eigenvalue weighted by molar-refractivity contribution is 7.89. The maximum Gasteiger partial charge on any atom is 0.323 e. The molecule has 1 fully saturated rings. The molecule has 0 bridgehead atoms. The highest BCUT2D eigenvalue weighted by Crippen LogP contribution is 2.24. The summed E-state index contributed by atoms with van der Waals surface area (Å²) in [6.07, 6.45) is 2.73. The molecular weight excluding hydrogens is 400 g/mol. The number of nitriles is 1. The molecular formula is C19H19ClN4O3S. The summed E-state index contributed by atoms with van der Waals surface area (Å²) in [5, 5.41) is 14.7. The SMILES string of the molecule is N#Cc1cc(Cl)ccc1NC(=O)Nc1cccc(S(=O)(=O)N2CCCCC2)c1. The maximum absolute atomic E-state index is 12.8. The number of urea groups is 1. The summed E-state index contributed by atoms with van der Waals surface area (Å²) < 4.78 is 27.0. The van der Waals surface area contributed by atoms with Gasteiger partial charge in [0.05, 0.1) is 16.1 Å². The van der Waals surface area contributed by atoms with Gasteiger partial charge >= 0.3 is 6.03 Å². The molecule has 0 saturated carbocycles. The quantitative estimate of drug-likeness (QED) is 0.782. The molecule has 146 valence electrons. The van der Waals surface area contributed by atoms with Crippen LogP contribution in [0.1, 0.15) is 24.8 Å². The lowest BCUT2D eigenvalue weighted by atomic mass is 10.2. The van der Waals surface area contributed by atoms with Crippen LogP contribution in [0.3, 0.4) is 0 Å². The summed E-state index contributed by atoms with van der Waals surface area (Å²) in [5.41, 5.74) is 0.869. The molecule has 2 amide bonds. The Labute approximate surface area is 169 Å². The number of carbonyl (C=O) groups is 1. The average molecular weight is 419 g/mol. The van der Waals surface area contributed by atoms with Crippen LogP contribution in [0, 0.1) is 11.3 Å². The molecule has 1 aliphatic heterocycles. The number of rotatable bonds is 4. The van der Waals surface area contributed by atoms with E-state index < -0.39 is 16.1 Å². The smallest absolute Gasteiger partial charge is 0.308 e. The molecule has 28 heavy (non-hydrogen) atoms. The van der Waals surface area contributed by atoms with Crippen LogP contribution in [0.25, 0.3) is 0 Å². The van der Waals surface area contributed by atoms with Crippen molar-refractivity contribution in [1.29, 1.82) is 5.26 Å². The molecule has 2 N–H and O–H groups in total. The zero-order chi connectivity index (χ0) is 20.1. The van der Waals surface area contributed by atoms with E-state index in [0.717, 1.165) is 19.3 Å². The van der Waals surface area contributed by atoms with E-state index in [1.807, 2.05) is 6.07 Å². The Morgan fingerprint density at radius 3 is 2.54 bits per heavy atom. The molecule has 9 heteroatoms. The van der Waals surface area contributed by atoms with Crippen LogP contribution in [-0.4, -0.2) is 31.8 Å². The number of piperidine rings is 1. The zero-order valence-corrected chi connectivity index (χ0v) is 16.6. The van der Waals surface area contributed by atoms with Crippen molar-refractivity contribution in [3.63, 3.8) is 0 Å². The molecule has 0 aliphatic carbocycles. The lowest BCUT2D eigenvalue weighted by Crippen LogP contribution is -2.35. The number of benzene rings is 2. The molecule has 0 spiro atoms. The van der Waals surface area contributed by atoms with Gasteiger partial charge in [0, 0.05) is 23.8 Å². The second-order valence-electron chi connectivity index (χ2n) is 6.37. The van der Waals surface area contributed by atoms with Crippen molar-refractivity contribution in [3.05, 3.63) is 53.1 Å². The maximum atomic E-state index is 12.8. The van der Waals surface area contributed by atoms with Crippen molar-refractivity contribution in [2.24, 2.45) is 0 Å². The van der Waals surface area contributed by atoms with Crippen molar-refractivity contribution in [2.45, 2.75) is 24.2 Å². The van der Waals surface area contributed by atoms with Crippen LogP contribution in [-0.2, 0) is 10.0 Å². The Hall–Kier alpha value is -2.60. The Bertz CT molecular complexity index is 1030. The van der Waals surface area contributed by atoms with Crippen molar-refractivity contribution < 1.29 is 13.2 Å². The van der Waals surface area contributed by atoms with Crippen molar-refractivity contribution in [3.8, 4) is 6.07 Å². The fourth-order valence-corrected chi connectivity index (χ4v) is 4.73. The number of anilines is 2. The van der Waals surface area contributed by atoms with Crippen molar-refractivity contribution >= 4 is 39.0 Å². The third-order valence-corrected chi connectivity index (χ3v) is 6.52. The van der Waals surface area contributed by atoms with Crippen LogP contribution < -0.4 is 10.6 Å². The second-order valence-corrected chi connectivity index (χ2v) is 8.75. The number of hydrogen-bond donors (Lipinski definition) is 2. The Balaban J connectivity index is 1.74. The Morgan fingerprint density at radius 2 is 1.82 bits per heavy atom. The molecule has 1 heterocycles. The van der Waals surface area contributed by atoms with Gasteiger partial charge in [0.15, 0.2) is 0 Å². The van der Waals surface area contributed by atoms with Gasteiger partial charge < -0.3 is 10.6 Å². The highest BCUT2D eigenvalue weighted by atomic mass is 35.5. The van der Waals surface area contributed by atoms with E-state index in [1.54, 1.807) is 18.2 Å². The molecule has 0 radical (unpaired) electrons. The first-order valence-electron chi connectivity index (χ1n) is 8.78.